The average molecular weight is 517 g/mol. The van der Waals surface area contributed by atoms with Gasteiger partial charge in [0, 0.05) is 39.8 Å². The number of aromatic amines is 1. The molecule has 0 radical (unpaired) electrons. The standard InChI is InChI=1S/C35H24N4O/c1-39-30-18-8-15-25(29-20-27(21-10-3-2-4-11-21)24-14-9-19-31(40)34(24)37-29)33(30)38-35(39)26-16-7-13-23-22-12-5-6-17-28(22)36-32(23)26/h2-20,36,40H,1H3. The van der Waals surface area contributed by atoms with Gasteiger partial charge in [-0.2, -0.15) is 0 Å². The number of nitrogens with one attached hydrogen (secondary N) is 1. The van der Waals surface area contributed by atoms with E-state index >= 15 is 0 Å². The number of fused-ring (bicyclic) bond motifs is 5. The van der Waals surface area contributed by atoms with Crippen molar-refractivity contribution < 1.29 is 5.11 Å². The molecule has 8 rings (SSSR count). The molecule has 0 aliphatic rings. The van der Waals surface area contributed by atoms with Gasteiger partial charge in [-0.25, -0.2) is 9.97 Å². The lowest BCUT2D eigenvalue weighted by molar-refractivity contribution is 0.480. The quantitative estimate of drug-likeness (QED) is 0.247. The van der Waals surface area contributed by atoms with Crippen molar-refractivity contribution in [2.24, 2.45) is 7.05 Å². The van der Waals surface area contributed by atoms with Gasteiger partial charge in [0.25, 0.3) is 0 Å². The van der Waals surface area contributed by atoms with E-state index in [0.29, 0.717) is 5.52 Å². The molecular formula is C35H24N4O. The number of para-hydroxylation sites is 4. The van der Waals surface area contributed by atoms with Crippen LogP contribution < -0.4 is 0 Å². The summed E-state index contributed by atoms with van der Waals surface area (Å²) in [6, 6.07) is 38.9. The molecule has 0 bridgehead atoms. The van der Waals surface area contributed by atoms with Gasteiger partial charge in [0.1, 0.15) is 17.1 Å². The number of hydrogen-bond donors (Lipinski definition) is 2. The first-order chi connectivity index (χ1) is 19.7. The van der Waals surface area contributed by atoms with Crippen LogP contribution in [0, 0.1) is 0 Å². The Balaban J connectivity index is 1.39. The molecule has 190 valence electrons. The van der Waals surface area contributed by atoms with E-state index in [0.717, 1.165) is 61.2 Å². The molecule has 0 atom stereocenters. The summed E-state index contributed by atoms with van der Waals surface area (Å²) >= 11 is 0. The van der Waals surface area contributed by atoms with Gasteiger partial charge in [-0.1, -0.05) is 84.9 Å². The number of phenols is 1. The van der Waals surface area contributed by atoms with Crippen molar-refractivity contribution in [2.75, 3.05) is 0 Å². The molecule has 0 amide bonds. The van der Waals surface area contributed by atoms with E-state index < -0.39 is 0 Å². The molecular weight excluding hydrogens is 492 g/mol. The number of benzene rings is 5. The maximum absolute atomic E-state index is 10.8. The molecule has 5 nitrogen and oxygen atoms in total. The molecule has 3 aromatic heterocycles. The van der Waals surface area contributed by atoms with Crippen LogP contribution >= 0.6 is 0 Å². The highest BCUT2D eigenvalue weighted by molar-refractivity contribution is 6.12. The third-order valence-corrected chi connectivity index (χ3v) is 7.87. The third kappa shape index (κ3) is 3.28. The van der Waals surface area contributed by atoms with E-state index in [9.17, 15) is 5.11 Å². The van der Waals surface area contributed by atoms with Crippen LogP contribution in [0.3, 0.4) is 0 Å². The first-order valence-electron chi connectivity index (χ1n) is 13.3. The maximum Gasteiger partial charge on any atom is 0.143 e. The topological polar surface area (TPSA) is 66.7 Å². The normalized spacial score (nSPS) is 11.7. The highest BCUT2D eigenvalue weighted by atomic mass is 16.3. The summed E-state index contributed by atoms with van der Waals surface area (Å²) in [5.41, 5.74) is 9.48. The molecule has 0 aliphatic carbocycles. The smallest absolute Gasteiger partial charge is 0.143 e. The van der Waals surface area contributed by atoms with Gasteiger partial charge in [-0.15, -0.1) is 0 Å². The van der Waals surface area contributed by atoms with E-state index in [1.54, 1.807) is 6.07 Å². The fourth-order valence-corrected chi connectivity index (χ4v) is 5.95. The molecule has 5 heteroatoms. The number of hydrogen-bond acceptors (Lipinski definition) is 3. The number of aromatic hydroxyl groups is 1. The molecule has 5 aromatic carbocycles. The average Bonchev–Trinajstić information content (AvgIpc) is 3.55. The number of imidazole rings is 1. The van der Waals surface area contributed by atoms with Crippen molar-refractivity contribution in [3.8, 4) is 39.5 Å². The maximum atomic E-state index is 10.8. The minimum atomic E-state index is 0.163. The Bertz CT molecular complexity index is 2240. The highest BCUT2D eigenvalue weighted by Crippen LogP contribution is 2.39. The van der Waals surface area contributed by atoms with E-state index in [4.69, 9.17) is 9.97 Å². The Kier molecular flexibility index (Phi) is 4.82. The summed E-state index contributed by atoms with van der Waals surface area (Å²) in [6.07, 6.45) is 0. The van der Waals surface area contributed by atoms with E-state index in [1.165, 1.54) is 10.8 Å². The van der Waals surface area contributed by atoms with Gasteiger partial charge in [-0.3, -0.25) is 0 Å². The van der Waals surface area contributed by atoms with E-state index in [1.807, 2.05) is 36.4 Å². The Morgan fingerprint density at radius 2 is 1.35 bits per heavy atom. The fourth-order valence-electron chi connectivity index (χ4n) is 5.95. The monoisotopic (exact) mass is 516 g/mol. The van der Waals surface area contributed by atoms with Gasteiger partial charge in [-0.05, 0) is 41.5 Å². The van der Waals surface area contributed by atoms with Crippen LogP contribution in [0.4, 0.5) is 0 Å². The van der Waals surface area contributed by atoms with Crippen molar-refractivity contribution in [1.82, 2.24) is 19.5 Å². The Morgan fingerprint density at radius 3 is 2.25 bits per heavy atom. The Hall–Kier alpha value is -5.42. The predicted molar refractivity (Wildman–Crippen MR) is 163 cm³/mol. The molecule has 0 aliphatic heterocycles. The zero-order chi connectivity index (χ0) is 26.8. The summed E-state index contributed by atoms with van der Waals surface area (Å²) < 4.78 is 2.15. The molecule has 2 N–H and O–H groups in total. The number of phenolic OH excluding ortho intramolecular Hbond substituents is 1. The molecule has 3 heterocycles. The Morgan fingerprint density at radius 1 is 0.625 bits per heavy atom. The van der Waals surface area contributed by atoms with Crippen LogP contribution in [0.25, 0.3) is 77.5 Å². The van der Waals surface area contributed by atoms with Crippen molar-refractivity contribution in [1.29, 1.82) is 0 Å². The van der Waals surface area contributed by atoms with Crippen LogP contribution in [0.15, 0.2) is 115 Å². The minimum Gasteiger partial charge on any atom is -0.506 e. The highest BCUT2D eigenvalue weighted by Gasteiger charge is 2.19. The van der Waals surface area contributed by atoms with E-state index in [2.05, 4.69) is 89.4 Å². The molecule has 0 saturated carbocycles. The molecule has 0 unspecified atom stereocenters. The van der Waals surface area contributed by atoms with Crippen LogP contribution in [0.1, 0.15) is 0 Å². The van der Waals surface area contributed by atoms with Gasteiger partial charge >= 0.3 is 0 Å². The van der Waals surface area contributed by atoms with Crippen molar-refractivity contribution >= 4 is 43.7 Å². The Labute approximate surface area is 230 Å². The third-order valence-electron chi connectivity index (χ3n) is 7.87. The zero-order valence-corrected chi connectivity index (χ0v) is 21.8. The number of rotatable bonds is 3. The first-order valence-corrected chi connectivity index (χ1v) is 13.3. The summed E-state index contributed by atoms with van der Waals surface area (Å²) in [7, 11) is 2.06. The lowest BCUT2D eigenvalue weighted by Gasteiger charge is -2.12. The molecule has 8 aromatic rings. The summed E-state index contributed by atoms with van der Waals surface area (Å²) in [5, 5.41) is 14.1. The first kappa shape index (κ1) is 22.6. The molecule has 0 spiro atoms. The summed E-state index contributed by atoms with van der Waals surface area (Å²) in [4.78, 5) is 13.8. The SMILES string of the molecule is Cn1c(-c2cccc3c2[nH]c2ccccc23)nc2c(-c3cc(-c4ccccc4)c4cccc(O)c4n3)cccc21. The van der Waals surface area contributed by atoms with Crippen LogP contribution in [-0.2, 0) is 7.05 Å². The molecule has 0 fully saturated rings. The predicted octanol–water partition coefficient (Wildman–Crippen LogP) is 8.46. The van der Waals surface area contributed by atoms with Gasteiger partial charge in [0.15, 0.2) is 0 Å². The van der Waals surface area contributed by atoms with Crippen molar-refractivity contribution in [2.45, 2.75) is 0 Å². The van der Waals surface area contributed by atoms with Crippen molar-refractivity contribution in [3.05, 3.63) is 115 Å². The van der Waals surface area contributed by atoms with Crippen LogP contribution in [0.5, 0.6) is 5.75 Å². The second kappa shape index (κ2) is 8.55. The van der Waals surface area contributed by atoms with Gasteiger partial charge < -0.3 is 14.7 Å². The van der Waals surface area contributed by atoms with Gasteiger partial charge in [0.05, 0.1) is 22.2 Å². The van der Waals surface area contributed by atoms with Crippen LogP contribution in [0.2, 0.25) is 0 Å². The molecule has 0 saturated heterocycles. The minimum absolute atomic E-state index is 0.163. The largest absolute Gasteiger partial charge is 0.506 e. The number of pyridine rings is 1. The lowest BCUT2D eigenvalue weighted by atomic mass is 9.97. The van der Waals surface area contributed by atoms with E-state index in [-0.39, 0.29) is 5.75 Å². The summed E-state index contributed by atoms with van der Waals surface area (Å²) in [6.45, 7) is 0. The summed E-state index contributed by atoms with van der Waals surface area (Å²) in [5.74, 6) is 1.04. The number of nitrogens with zero attached hydrogens (tertiary/aromatic N) is 3. The second-order valence-corrected chi connectivity index (χ2v) is 10.2. The van der Waals surface area contributed by atoms with Gasteiger partial charge in [0.2, 0.25) is 0 Å². The fraction of sp³-hybridized carbons (Fsp3) is 0.0286. The second-order valence-electron chi connectivity index (χ2n) is 10.2. The lowest BCUT2D eigenvalue weighted by Crippen LogP contribution is -1.93. The zero-order valence-electron chi connectivity index (χ0n) is 21.8. The number of aryl methyl sites for hydroxylation is 1. The van der Waals surface area contributed by atoms with Crippen molar-refractivity contribution in [3.63, 3.8) is 0 Å². The van der Waals surface area contributed by atoms with Crippen LogP contribution in [-0.4, -0.2) is 24.6 Å². The number of aromatic nitrogens is 4. The number of H-pyrrole nitrogens is 1. The molecule has 40 heavy (non-hydrogen) atoms.